The summed E-state index contributed by atoms with van der Waals surface area (Å²) in [7, 11) is 0. The van der Waals surface area contributed by atoms with Gasteiger partial charge in [-0.2, -0.15) is 26.3 Å². The van der Waals surface area contributed by atoms with Crippen LogP contribution in [-0.4, -0.2) is 37.3 Å². The Labute approximate surface area is 128 Å². The van der Waals surface area contributed by atoms with Crippen molar-refractivity contribution in [3.63, 3.8) is 0 Å². The Kier molecular flexibility index (Phi) is 5.20. The highest BCUT2D eigenvalue weighted by Crippen LogP contribution is 2.38. The molecule has 0 aliphatic carbocycles. The summed E-state index contributed by atoms with van der Waals surface area (Å²) >= 11 is 0. The smallest absolute Gasteiger partial charge is 0.314 e. The van der Waals surface area contributed by atoms with Crippen molar-refractivity contribution in [2.24, 2.45) is 0 Å². The van der Waals surface area contributed by atoms with Crippen molar-refractivity contribution < 1.29 is 30.7 Å². The number of piperazine rings is 1. The molecule has 1 aliphatic rings. The second-order valence-corrected chi connectivity index (χ2v) is 5.36. The average Bonchev–Trinajstić information content (AvgIpc) is 2.44. The predicted molar refractivity (Wildman–Crippen MR) is 69.3 cm³/mol. The normalized spacial score (nSPS) is 18.9. The van der Waals surface area contributed by atoms with E-state index in [4.69, 9.17) is 0 Å². The van der Waals surface area contributed by atoms with Gasteiger partial charge in [-0.05, 0) is 18.2 Å². The van der Waals surface area contributed by atoms with Crippen LogP contribution in [0.15, 0.2) is 18.2 Å². The molecule has 2 rings (SSSR count). The monoisotopic (exact) mass is 344 g/mol. The maximum atomic E-state index is 14.0. The van der Waals surface area contributed by atoms with E-state index in [9.17, 15) is 30.7 Å². The minimum absolute atomic E-state index is 0.205. The number of hydrogen-bond acceptors (Lipinski definition) is 2. The summed E-state index contributed by atoms with van der Waals surface area (Å²) in [6.07, 6.45) is -10.8. The number of nitrogens with zero attached hydrogens (tertiary/aromatic N) is 1. The van der Waals surface area contributed by atoms with Crippen LogP contribution in [0, 0.1) is 5.82 Å². The van der Waals surface area contributed by atoms with Crippen LogP contribution in [0.2, 0.25) is 0 Å². The van der Waals surface area contributed by atoms with E-state index < -0.39 is 41.8 Å². The average molecular weight is 344 g/mol. The van der Waals surface area contributed by atoms with Gasteiger partial charge in [0.25, 0.3) is 0 Å². The molecule has 2 nitrogen and oxygen atoms in total. The molecule has 1 N–H and O–H groups in total. The molecule has 23 heavy (non-hydrogen) atoms. The summed E-state index contributed by atoms with van der Waals surface area (Å²) in [5, 5.41) is 2.94. The van der Waals surface area contributed by atoms with E-state index in [1.165, 1.54) is 4.90 Å². The standard InChI is InChI=1S/C14H15F7N2/c15-11-2-1-9(14(19,20)21)7-10(11)12(8-13(16,17)18)23-5-3-22-4-6-23/h1-2,7,12,22H,3-6,8H2/t12-/m0/s1. The third-order valence-electron chi connectivity index (χ3n) is 3.70. The molecular formula is C14H15F7N2. The molecular weight excluding hydrogens is 329 g/mol. The fourth-order valence-electron chi connectivity index (χ4n) is 2.62. The van der Waals surface area contributed by atoms with Gasteiger partial charge in [0.1, 0.15) is 5.82 Å². The van der Waals surface area contributed by atoms with Crippen molar-refractivity contribution in [3.05, 3.63) is 35.1 Å². The van der Waals surface area contributed by atoms with Crippen molar-refractivity contribution in [3.8, 4) is 0 Å². The number of alkyl halides is 6. The van der Waals surface area contributed by atoms with E-state index in [-0.39, 0.29) is 13.1 Å². The topological polar surface area (TPSA) is 15.3 Å². The largest absolute Gasteiger partial charge is 0.416 e. The van der Waals surface area contributed by atoms with E-state index in [2.05, 4.69) is 5.32 Å². The van der Waals surface area contributed by atoms with Crippen molar-refractivity contribution in [2.75, 3.05) is 26.2 Å². The molecule has 1 fully saturated rings. The zero-order valence-electron chi connectivity index (χ0n) is 11.9. The fraction of sp³-hybridized carbons (Fsp3) is 0.571. The van der Waals surface area contributed by atoms with Gasteiger partial charge in [-0.1, -0.05) is 0 Å². The molecule has 9 heteroatoms. The van der Waals surface area contributed by atoms with Gasteiger partial charge in [0.15, 0.2) is 0 Å². The van der Waals surface area contributed by atoms with E-state index in [0.717, 1.165) is 0 Å². The Morgan fingerprint density at radius 2 is 1.65 bits per heavy atom. The van der Waals surface area contributed by atoms with E-state index in [1.54, 1.807) is 0 Å². The maximum absolute atomic E-state index is 14.0. The van der Waals surface area contributed by atoms with Crippen LogP contribution in [0.25, 0.3) is 0 Å². The third kappa shape index (κ3) is 4.81. The molecule has 0 saturated carbocycles. The minimum atomic E-state index is -4.74. The Morgan fingerprint density at radius 1 is 1.04 bits per heavy atom. The lowest BCUT2D eigenvalue weighted by Gasteiger charge is -2.36. The Morgan fingerprint density at radius 3 is 2.17 bits per heavy atom. The van der Waals surface area contributed by atoms with Gasteiger partial charge in [-0.3, -0.25) is 4.90 Å². The molecule has 0 radical (unpaired) electrons. The van der Waals surface area contributed by atoms with Gasteiger partial charge in [0.05, 0.1) is 12.0 Å². The first-order valence-electron chi connectivity index (χ1n) is 6.96. The van der Waals surface area contributed by atoms with Crippen molar-refractivity contribution in [2.45, 2.75) is 24.8 Å². The van der Waals surface area contributed by atoms with E-state index in [0.29, 0.717) is 31.3 Å². The first-order chi connectivity index (χ1) is 10.6. The summed E-state index contributed by atoms with van der Waals surface area (Å²) < 4.78 is 90.8. The first kappa shape index (κ1) is 18.0. The number of hydrogen-bond donors (Lipinski definition) is 1. The summed E-state index contributed by atoms with van der Waals surface area (Å²) in [5.41, 5.74) is -1.73. The van der Waals surface area contributed by atoms with Gasteiger partial charge < -0.3 is 5.32 Å². The number of benzene rings is 1. The first-order valence-corrected chi connectivity index (χ1v) is 6.96. The van der Waals surface area contributed by atoms with Crippen LogP contribution in [-0.2, 0) is 6.18 Å². The zero-order valence-corrected chi connectivity index (χ0v) is 11.9. The third-order valence-corrected chi connectivity index (χ3v) is 3.70. The second-order valence-electron chi connectivity index (χ2n) is 5.36. The lowest BCUT2D eigenvalue weighted by Crippen LogP contribution is -2.46. The molecule has 1 saturated heterocycles. The highest BCUT2D eigenvalue weighted by molar-refractivity contribution is 5.30. The van der Waals surface area contributed by atoms with Crippen LogP contribution < -0.4 is 5.32 Å². The predicted octanol–water partition coefficient (Wildman–Crippen LogP) is 3.74. The Hall–Kier alpha value is -1.35. The van der Waals surface area contributed by atoms with E-state index in [1.807, 2.05) is 0 Å². The van der Waals surface area contributed by atoms with Crippen molar-refractivity contribution in [1.29, 1.82) is 0 Å². The Balaban J connectivity index is 2.41. The summed E-state index contributed by atoms with van der Waals surface area (Å²) in [6.45, 7) is 1.21. The molecule has 0 bridgehead atoms. The molecule has 1 aromatic carbocycles. The molecule has 1 heterocycles. The van der Waals surface area contributed by atoms with Crippen LogP contribution in [0.4, 0.5) is 30.7 Å². The quantitative estimate of drug-likeness (QED) is 0.841. The summed E-state index contributed by atoms with van der Waals surface area (Å²) in [5.74, 6) is -1.06. The van der Waals surface area contributed by atoms with Crippen LogP contribution in [0.3, 0.4) is 0 Å². The summed E-state index contributed by atoms with van der Waals surface area (Å²) in [4.78, 5) is 1.36. The van der Waals surface area contributed by atoms with Crippen molar-refractivity contribution >= 4 is 0 Å². The van der Waals surface area contributed by atoms with E-state index >= 15 is 0 Å². The number of halogens is 7. The highest BCUT2D eigenvalue weighted by Gasteiger charge is 2.38. The van der Waals surface area contributed by atoms with Gasteiger partial charge in [0, 0.05) is 37.8 Å². The van der Waals surface area contributed by atoms with Crippen LogP contribution >= 0.6 is 0 Å². The van der Waals surface area contributed by atoms with Gasteiger partial charge in [-0.15, -0.1) is 0 Å². The lowest BCUT2D eigenvalue weighted by molar-refractivity contribution is -0.149. The lowest BCUT2D eigenvalue weighted by atomic mass is 9.98. The Bertz CT molecular complexity index is 533. The van der Waals surface area contributed by atoms with Gasteiger partial charge >= 0.3 is 12.4 Å². The molecule has 0 amide bonds. The molecule has 0 spiro atoms. The molecule has 1 aromatic rings. The molecule has 0 unspecified atom stereocenters. The minimum Gasteiger partial charge on any atom is -0.314 e. The maximum Gasteiger partial charge on any atom is 0.416 e. The second kappa shape index (κ2) is 6.64. The number of nitrogens with one attached hydrogen (secondary N) is 1. The van der Waals surface area contributed by atoms with Crippen LogP contribution in [0.1, 0.15) is 23.6 Å². The fourth-order valence-corrected chi connectivity index (χ4v) is 2.62. The SMILES string of the molecule is Fc1ccc(C(F)(F)F)cc1[C@H](CC(F)(F)F)N1CCNCC1. The summed E-state index contributed by atoms with van der Waals surface area (Å²) in [6, 6.07) is 0.109. The molecule has 1 atom stereocenters. The zero-order chi connectivity index (χ0) is 17.3. The van der Waals surface area contributed by atoms with Gasteiger partial charge in [0.2, 0.25) is 0 Å². The van der Waals surface area contributed by atoms with Crippen LogP contribution in [0.5, 0.6) is 0 Å². The highest BCUT2D eigenvalue weighted by atomic mass is 19.4. The number of rotatable bonds is 3. The van der Waals surface area contributed by atoms with Gasteiger partial charge in [-0.25, -0.2) is 4.39 Å². The van der Waals surface area contributed by atoms with Crippen molar-refractivity contribution in [1.82, 2.24) is 10.2 Å². The molecule has 0 aromatic heterocycles. The molecule has 1 aliphatic heterocycles. The molecule has 130 valence electrons.